The predicted molar refractivity (Wildman–Crippen MR) is 121 cm³/mol. The van der Waals surface area contributed by atoms with Crippen LogP contribution in [0.15, 0.2) is 36.5 Å². The fraction of sp³-hybridized carbons (Fsp3) is 0.417. The SMILES string of the molecule is CNCCOc1ccc(-c2cc(N3C[C@H]4CNCC[C@H]4C3)c3cc(F)c(F)cc3n2)cn1. The Balaban J connectivity index is 1.52. The van der Waals surface area contributed by atoms with Crippen LogP contribution in [0.2, 0.25) is 0 Å². The number of halogens is 2. The van der Waals surface area contributed by atoms with Crippen molar-refractivity contribution in [1.82, 2.24) is 20.6 Å². The van der Waals surface area contributed by atoms with Gasteiger partial charge in [-0.1, -0.05) is 0 Å². The highest BCUT2D eigenvalue weighted by atomic mass is 19.2. The molecule has 4 heterocycles. The topological polar surface area (TPSA) is 62.3 Å². The van der Waals surface area contributed by atoms with E-state index in [4.69, 9.17) is 4.74 Å². The summed E-state index contributed by atoms with van der Waals surface area (Å²) in [6, 6.07) is 8.13. The molecule has 2 N–H and O–H groups in total. The van der Waals surface area contributed by atoms with Gasteiger partial charge in [-0.2, -0.15) is 0 Å². The lowest BCUT2D eigenvalue weighted by atomic mass is 9.90. The standard InChI is InChI=1S/C24H27F2N5O/c1-27-6-7-32-24-3-2-15(12-29-24)21-10-23(18-8-19(25)20(26)9-22(18)30-21)31-13-16-4-5-28-11-17(16)14-31/h2-3,8-10,12,16-17,27-28H,4-7,11,13-14H2,1H3/t16-,17+/m0/s1. The maximum Gasteiger partial charge on any atom is 0.213 e. The zero-order valence-corrected chi connectivity index (χ0v) is 18.1. The second-order valence-electron chi connectivity index (χ2n) is 8.57. The van der Waals surface area contributed by atoms with Crippen molar-refractivity contribution < 1.29 is 13.5 Å². The van der Waals surface area contributed by atoms with Gasteiger partial charge in [0, 0.05) is 54.6 Å². The Labute approximate surface area is 186 Å². The number of benzene rings is 1. The summed E-state index contributed by atoms with van der Waals surface area (Å²) < 4.78 is 33.8. The fourth-order valence-electron chi connectivity index (χ4n) is 4.76. The van der Waals surface area contributed by atoms with Crippen molar-refractivity contribution in [3.05, 3.63) is 48.2 Å². The Bertz CT molecular complexity index is 1090. The maximum absolute atomic E-state index is 14.1. The normalized spacial score (nSPS) is 20.5. The van der Waals surface area contributed by atoms with Gasteiger partial charge >= 0.3 is 0 Å². The minimum Gasteiger partial charge on any atom is -0.476 e. The number of rotatable bonds is 6. The lowest BCUT2D eigenvalue weighted by Crippen LogP contribution is -2.35. The van der Waals surface area contributed by atoms with Crippen LogP contribution in [-0.4, -0.2) is 56.3 Å². The van der Waals surface area contributed by atoms with E-state index in [0.717, 1.165) is 50.4 Å². The number of piperidine rings is 1. The summed E-state index contributed by atoms with van der Waals surface area (Å²) in [6.07, 6.45) is 2.85. The van der Waals surface area contributed by atoms with E-state index in [0.29, 0.717) is 40.9 Å². The van der Waals surface area contributed by atoms with Crippen molar-refractivity contribution in [2.75, 3.05) is 51.3 Å². The van der Waals surface area contributed by atoms with Gasteiger partial charge in [-0.25, -0.2) is 18.7 Å². The van der Waals surface area contributed by atoms with Gasteiger partial charge in [-0.15, -0.1) is 0 Å². The molecule has 2 atom stereocenters. The number of ether oxygens (including phenoxy) is 1. The van der Waals surface area contributed by atoms with Crippen molar-refractivity contribution >= 4 is 16.6 Å². The number of hydrogen-bond donors (Lipinski definition) is 2. The number of nitrogens with zero attached hydrogens (tertiary/aromatic N) is 3. The van der Waals surface area contributed by atoms with Crippen LogP contribution in [-0.2, 0) is 0 Å². The molecule has 168 valence electrons. The van der Waals surface area contributed by atoms with Crippen LogP contribution in [0.4, 0.5) is 14.5 Å². The van der Waals surface area contributed by atoms with Crippen LogP contribution in [0.1, 0.15) is 6.42 Å². The Morgan fingerprint density at radius 3 is 2.78 bits per heavy atom. The molecule has 8 heteroatoms. The van der Waals surface area contributed by atoms with E-state index >= 15 is 0 Å². The Hall–Kier alpha value is -2.84. The van der Waals surface area contributed by atoms with E-state index in [9.17, 15) is 8.78 Å². The van der Waals surface area contributed by atoms with Gasteiger partial charge in [0.25, 0.3) is 0 Å². The van der Waals surface area contributed by atoms with Crippen molar-refractivity contribution in [3.8, 4) is 17.1 Å². The van der Waals surface area contributed by atoms with Gasteiger partial charge in [0.2, 0.25) is 5.88 Å². The van der Waals surface area contributed by atoms with Crippen LogP contribution < -0.4 is 20.3 Å². The van der Waals surface area contributed by atoms with Crippen LogP contribution in [0, 0.1) is 23.5 Å². The number of nitrogens with one attached hydrogen (secondary N) is 2. The Morgan fingerprint density at radius 2 is 2.00 bits per heavy atom. The zero-order chi connectivity index (χ0) is 22.1. The minimum atomic E-state index is -0.890. The fourth-order valence-corrected chi connectivity index (χ4v) is 4.76. The summed E-state index contributed by atoms with van der Waals surface area (Å²) >= 11 is 0. The molecular formula is C24H27F2N5O. The molecule has 0 amide bonds. The van der Waals surface area contributed by atoms with Crippen molar-refractivity contribution in [2.45, 2.75) is 6.42 Å². The monoisotopic (exact) mass is 439 g/mol. The summed E-state index contributed by atoms with van der Waals surface area (Å²) in [5, 5.41) is 7.13. The second-order valence-corrected chi connectivity index (χ2v) is 8.57. The summed E-state index contributed by atoms with van der Waals surface area (Å²) in [7, 11) is 1.86. The summed E-state index contributed by atoms with van der Waals surface area (Å²) in [5.74, 6) is -0.0234. The average molecular weight is 440 g/mol. The number of hydrogen-bond acceptors (Lipinski definition) is 6. The van der Waals surface area contributed by atoms with Gasteiger partial charge in [-0.05, 0) is 56.6 Å². The van der Waals surface area contributed by atoms with Crippen LogP contribution >= 0.6 is 0 Å². The zero-order valence-electron chi connectivity index (χ0n) is 18.1. The minimum absolute atomic E-state index is 0.443. The first kappa shape index (κ1) is 21.0. The third-order valence-electron chi connectivity index (χ3n) is 6.48. The number of fused-ring (bicyclic) bond motifs is 2. The predicted octanol–water partition coefficient (Wildman–Crippen LogP) is 3.22. The van der Waals surface area contributed by atoms with E-state index in [2.05, 4.69) is 25.5 Å². The summed E-state index contributed by atoms with van der Waals surface area (Å²) in [6.45, 7) is 5.10. The Morgan fingerprint density at radius 1 is 1.16 bits per heavy atom. The first-order valence-corrected chi connectivity index (χ1v) is 11.1. The molecule has 2 aliphatic heterocycles. The van der Waals surface area contributed by atoms with Gasteiger partial charge in [0.05, 0.1) is 11.2 Å². The molecule has 0 saturated carbocycles. The number of likely N-dealkylation sites (N-methyl/N-ethyl adjacent to an activating group) is 1. The largest absolute Gasteiger partial charge is 0.476 e. The van der Waals surface area contributed by atoms with Crippen LogP contribution in [0.3, 0.4) is 0 Å². The molecule has 5 rings (SSSR count). The van der Waals surface area contributed by atoms with Crippen LogP contribution in [0.25, 0.3) is 22.2 Å². The lowest BCUT2D eigenvalue weighted by Gasteiger charge is -2.23. The molecule has 32 heavy (non-hydrogen) atoms. The highest BCUT2D eigenvalue weighted by Gasteiger charge is 2.35. The van der Waals surface area contributed by atoms with E-state index in [1.54, 1.807) is 12.3 Å². The molecule has 1 aromatic carbocycles. The molecule has 0 unspecified atom stereocenters. The highest BCUT2D eigenvalue weighted by Crippen LogP contribution is 2.37. The third-order valence-corrected chi connectivity index (χ3v) is 6.48. The average Bonchev–Trinajstić information content (AvgIpc) is 3.24. The smallest absolute Gasteiger partial charge is 0.213 e. The van der Waals surface area contributed by atoms with Gasteiger partial charge < -0.3 is 20.3 Å². The lowest BCUT2D eigenvalue weighted by molar-refractivity contribution is 0.306. The molecule has 0 bridgehead atoms. The molecule has 2 aliphatic rings. The molecule has 2 aromatic heterocycles. The van der Waals surface area contributed by atoms with E-state index in [-0.39, 0.29) is 0 Å². The molecule has 2 saturated heterocycles. The molecule has 3 aromatic rings. The molecule has 0 aliphatic carbocycles. The van der Waals surface area contributed by atoms with E-state index in [1.165, 1.54) is 12.1 Å². The number of pyridine rings is 2. The number of anilines is 1. The second kappa shape index (κ2) is 8.96. The van der Waals surface area contributed by atoms with Gasteiger partial charge in [0.15, 0.2) is 11.6 Å². The first-order valence-electron chi connectivity index (χ1n) is 11.1. The third kappa shape index (κ3) is 4.12. The molecule has 0 radical (unpaired) electrons. The van der Waals surface area contributed by atoms with E-state index in [1.807, 2.05) is 19.2 Å². The molecule has 0 spiro atoms. The summed E-state index contributed by atoms with van der Waals surface area (Å²) in [4.78, 5) is 11.3. The molecular weight excluding hydrogens is 412 g/mol. The van der Waals surface area contributed by atoms with Crippen molar-refractivity contribution in [1.29, 1.82) is 0 Å². The van der Waals surface area contributed by atoms with Gasteiger partial charge in [0.1, 0.15) is 6.61 Å². The molecule has 6 nitrogen and oxygen atoms in total. The maximum atomic E-state index is 14.1. The quantitative estimate of drug-likeness (QED) is 0.575. The van der Waals surface area contributed by atoms with Gasteiger partial charge in [-0.3, -0.25) is 0 Å². The van der Waals surface area contributed by atoms with E-state index < -0.39 is 11.6 Å². The number of aromatic nitrogens is 2. The van der Waals surface area contributed by atoms with Crippen molar-refractivity contribution in [2.24, 2.45) is 11.8 Å². The van der Waals surface area contributed by atoms with Crippen molar-refractivity contribution in [3.63, 3.8) is 0 Å². The first-order chi connectivity index (χ1) is 15.6. The van der Waals surface area contributed by atoms with Crippen LogP contribution in [0.5, 0.6) is 5.88 Å². The molecule has 2 fully saturated rings. The summed E-state index contributed by atoms with van der Waals surface area (Å²) in [5.41, 5.74) is 2.82. The Kier molecular flexibility index (Phi) is 5.89. The highest BCUT2D eigenvalue weighted by molar-refractivity contribution is 5.94.